The maximum atomic E-state index is 10.8. The van der Waals surface area contributed by atoms with E-state index in [1.165, 1.54) is 0 Å². The molecule has 1 aromatic carbocycles. The van der Waals surface area contributed by atoms with Gasteiger partial charge >= 0.3 is 12.2 Å². The standard InChI is InChI=1S/C11H11ClN2O4/c12-7-3-1-2-5-6(7)4-8(13-10(15)16)9(5)14-11(17)18/h1-3,8-9,13-14H,4H2,(H,15,16)(H,17,18)/t8-,9+/m1/s1. The number of hydrogen-bond acceptors (Lipinski definition) is 2. The molecule has 0 heterocycles. The topological polar surface area (TPSA) is 98.7 Å². The largest absolute Gasteiger partial charge is 0.465 e. The molecule has 4 N–H and O–H groups in total. The van der Waals surface area contributed by atoms with E-state index in [0.717, 1.165) is 5.56 Å². The Hall–Kier alpha value is -1.95. The monoisotopic (exact) mass is 270 g/mol. The highest BCUT2D eigenvalue weighted by Crippen LogP contribution is 2.35. The molecular weight excluding hydrogens is 260 g/mol. The van der Waals surface area contributed by atoms with Crippen LogP contribution in [0.4, 0.5) is 9.59 Å². The van der Waals surface area contributed by atoms with Crippen molar-refractivity contribution < 1.29 is 19.8 Å². The lowest BCUT2D eigenvalue weighted by Gasteiger charge is -2.20. The van der Waals surface area contributed by atoms with Crippen molar-refractivity contribution in [2.45, 2.75) is 18.5 Å². The summed E-state index contributed by atoms with van der Waals surface area (Å²) in [7, 11) is 0. The summed E-state index contributed by atoms with van der Waals surface area (Å²) in [5.74, 6) is 0. The molecule has 2 atom stereocenters. The Morgan fingerprint density at radius 1 is 1.22 bits per heavy atom. The van der Waals surface area contributed by atoms with E-state index in [9.17, 15) is 9.59 Å². The van der Waals surface area contributed by atoms with Crippen molar-refractivity contribution in [3.63, 3.8) is 0 Å². The lowest BCUT2D eigenvalue weighted by atomic mass is 10.1. The average molecular weight is 271 g/mol. The number of halogens is 1. The molecule has 7 heteroatoms. The molecule has 0 aliphatic heterocycles. The van der Waals surface area contributed by atoms with Gasteiger partial charge in [-0.3, -0.25) is 0 Å². The van der Waals surface area contributed by atoms with Crippen molar-refractivity contribution in [2.75, 3.05) is 0 Å². The van der Waals surface area contributed by atoms with Crippen molar-refractivity contribution in [1.29, 1.82) is 0 Å². The van der Waals surface area contributed by atoms with Gasteiger partial charge in [-0.05, 0) is 23.6 Å². The van der Waals surface area contributed by atoms with Crippen LogP contribution in [0.5, 0.6) is 0 Å². The number of carboxylic acid groups (broad SMARTS) is 2. The molecule has 2 amide bonds. The van der Waals surface area contributed by atoms with E-state index in [4.69, 9.17) is 21.8 Å². The van der Waals surface area contributed by atoms with Crippen LogP contribution in [0.15, 0.2) is 18.2 Å². The van der Waals surface area contributed by atoms with Gasteiger partial charge in [0.2, 0.25) is 0 Å². The zero-order valence-electron chi connectivity index (χ0n) is 9.18. The van der Waals surface area contributed by atoms with Crippen LogP contribution in [0.2, 0.25) is 5.02 Å². The number of amides is 2. The predicted molar refractivity (Wildman–Crippen MR) is 64.0 cm³/mol. The molecule has 0 saturated heterocycles. The highest BCUT2D eigenvalue weighted by atomic mass is 35.5. The van der Waals surface area contributed by atoms with E-state index in [2.05, 4.69) is 10.6 Å². The smallest absolute Gasteiger partial charge is 0.405 e. The molecule has 18 heavy (non-hydrogen) atoms. The van der Waals surface area contributed by atoms with Crippen LogP contribution in [0.3, 0.4) is 0 Å². The Balaban J connectivity index is 2.34. The summed E-state index contributed by atoms with van der Waals surface area (Å²) in [5.41, 5.74) is 1.49. The van der Waals surface area contributed by atoms with Crippen LogP contribution in [0.1, 0.15) is 17.2 Å². The van der Waals surface area contributed by atoms with Crippen molar-refractivity contribution in [3.8, 4) is 0 Å². The summed E-state index contributed by atoms with van der Waals surface area (Å²) in [6, 6.07) is 3.98. The number of hydrogen-bond donors (Lipinski definition) is 4. The third kappa shape index (κ3) is 2.33. The minimum Gasteiger partial charge on any atom is -0.465 e. The Labute approximate surface area is 108 Å². The first-order chi connectivity index (χ1) is 8.49. The van der Waals surface area contributed by atoms with Crippen LogP contribution >= 0.6 is 11.6 Å². The first kappa shape index (κ1) is 12.5. The van der Waals surface area contributed by atoms with Crippen LogP contribution in [-0.4, -0.2) is 28.4 Å². The lowest BCUT2D eigenvalue weighted by Crippen LogP contribution is -2.43. The molecule has 1 aliphatic rings. The summed E-state index contributed by atoms with van der Waals surface area (Å²) >= 11 is 6.02. The fourth-order valence-electron chi connectivity index (χ4n) is 2.24. The van der Waals surface area contributed by atoms with Crippen LogP contribution in [0.25, 0.3) is 0 Å². The molecule has 2 rings (SSSR count). The fourth-order valence-corrected chi connectivity index (χ4v) is 2.50. The molecule has 1 aromatic rings. The highest BCUT2D eigenvalue weighted by molar-refractivity contribution is 6.31. The number of fused-ring (bicyclic) bond motifs is 1. The lowest BCUT2D eigenvalue weighted by molar-refractivity contribution is 0.177. The average Bonchev–Trinajstić information content (AvgIpc) is 2.58. The van der Waals surface area contributed by atoms with E-state index < -0.39 is 24.3 Å². The number of benzene rings is 1. The van der Waals surface area contributed by atoms with Crippen molar-refractivity contribution in [3.05, 3.63) is 34.3 Å². The normalized spacial score (nSPS) is 21.2. The summed E-state index contributed by atoms with van der Waals surface area (Å²) in [6.45, 7) is 0. The van der Waals surface area contributed by atoms with Crippen molar-refractivity contribution >= 4 is 23.8 Å². The SMILES string of the molecule is O=C(O)N[C@@H]1Cc2c(Cl)cccc2[C@@H]1NC(=O)O. The molecule has 96 valence electrons. The minimum absolute atomic E-state index is 0.367. The van der Waals surface area contributed by atoms with Crippen LogP contribution in [-0.2, 0) is 6.42 Å². The Kier molecular flexibility index (Phi) is 3.29. The van der Waals surface area contributed by atoms with Gasteiger partial charge in [0.05, 0.1) is 12.1 Å². The Bertz CT molecular complexity index is 506. The van der Waals surface area contributed by atoms with E-state index in [0.29, 0.717) is 17.0 Å². The summed E-state index contributed by atoms with van der Waals surface area (Å²) in [5, 5.41) is 22.7. The van der Waals surface area contributed by atoms with Crippen molar-refractivity contribution in [1.82, 2.24) is 10.6 Å². The van der Waals surface area contributed by atoms with Gasteiger partial charge in [-0.25, -0.2) is 9.59 Å². The van der Waals surface area contributed by atoms with Gasteiger partial charge in [-0.1, -0.05) is 23.7 Å². The molecule has 0 saturated carbocycles. The zero-order chi connectivity index (χ0) is 13.3. The molecule has 0 aromatic heterocycles. The Morgan fingerprint density at radius 3 is 2.50 bits per heavy atom. The zero-order valence-corrected chi connectivity index (χ0v) is 9.94. The van der Waals surface area contributed by atoms with Crippen molar-refractivity contribution in [2.24, 2.45) is 0 Å². The second-order valence-corrected chi connectivity index (χ2v) is 4.40. The van der Waals surface area contributed by atoms with E-state index in [1.54, 1.807) is 18.2 Å². The second-order valence-electron chi connectivity index (χ2n) is 3.99. The first-order valence-electron chi connectivity index (χ1n) is 5.25. The summed E-state index contributed by atoms with van der Waals surface area (Å²) < 4.78 is 0. The summed E-state index contributed by atoms with van der Waals surface area (Å²) in [4.78, 5) is 21.5. The van der Waals surface area contributed by atoms with Gasteiger partial charge in [0.1, 0.15) is 0 Å². The van der Waals surface area contributed by atoms with Crippen LogP contribution < -0.4 is 10.6 Å². The van der Waals surface area contributed by atoms with Crippen LogP contribution in [0, 0.1) is 0 Å². The molecular formula is C11H11ClN2O4. The highest BCUT2D eigenvalue weighted by Gasteiger charge is 2.35. The third-order valence-electron chi connectivity index (χ3n) is 2.90. The molecule has 1 aliphatic carbocycles. The Morgan fingerprint density at radius 2 is 1.89 bits per heavy atom. The third-order valence-corrected chi connectivity index (χ3v) is 3.26. The molecule has 6 nitrogen and oxygen atoms in total. The second kappa shape index (κ2) is 4.73. The molecule has 0 fully saturated rings. The van der Waals surface area contributed by atoms with Gasteiger partial charge in [0, 0.05) is 5.02 Å². The molecule has 0 unspecified atom stereocenters. The van der Waals surface area contributed by atoms with E-state index >= 15 is 0 Å². The first-order valence-corrected chi connectivity index (χ1v) is 5.63. The predicted octanol–water partition coefficient (Wildman–Crippen LogP) is 1.84. The van der Waals surface area contributed by atoms with E-state index in [-0.39, 0.29) is 0 Å². The van der Waals surface area contributed by atoms with Gasteiger partial charge in [0.25, 0.3) is 0 Å². The van der Waals surface area contributed by atoms with Gasteiger partial charge in [-0.2, -0.15) is 0 Å². The number of nitrogens with one attached hydrogen (secondary N) is 2. The number of carbonyl (C=O) groups is 2. The molecule has 0 radical (unpaired) electrons. The maximum absolute atomic E-state index is 10.8. The molecule has 0 spiro atoms. The quantitative estimate of drug-likeness (QED) is 0.659. The fraction of sp³-hybridized carbons (Fsp3) is 0.273. The maximum Gasteiger partial charge on any atom is 0.405 e. The molecule has 0 bridgehead atoms. The number of rotatable bonds is 2. The van der Waals surface area contributed by atoms with Gasteiger partial charge in [-0.15, -0.1) is 0 Å². The van der Waals surface area contributed by atoms with Gasteiger partial charge in [0.15, 0.2) is 0 Å². The van der Waals surface area contributed by atoms with Gasteiger partial charge < -0.3 is 20.8 Å². The summed E-state index contributed by atoms with van der Waals surface area (Å²) in [6.07, 6.45) is -2.03. The van der Waals surface area contributed by atoms with E-state index in [1.807, 2.05) is 0 Å². The minimum atomic E-state index is -1.20.